The Bertz CT molecular complexity index is 324. The molecule has 0 radical (unpaired) electrons. The van der Waals surface area contributed by atoms with Gasteiger partial charge in [-0.05, 0) is 6.92 Å². The van der Waals surface area contributed by atoms with Gasteiger partial charge >= 0.3 is 0 Å². The van der Waals surface area contributed by atoms with Crippen molar-refractivity contribution in [2.45, 2.75) is 13.0 Å². The molecule has 0 aliphatic carbocycles. The van der Waals surface area contributed by atoms with Gasteiger partial charge in [-0.3, -0.25) is 4.79 Å². The molecule has 84 valence electrons. The van der Waals surface area contributed by atoms with Crippen LogP contribution in [-0.4, -0.2) is 35.7 Å². The van der Waals surface area contributed by atoms with E-state index in [2.05, 4.69) is 10.3 Å². The molecule has 0 saturated heterocycles. The maximum absolute atomic E-state index is 11.6. The molecule has 1 heterocycles. The fraction of sp³-hybridized carbons (Fsp3) is 0.556. The summed E-state index contributed by atoms with van der Waals surface area (Å²) in [6, 6.07) is -0.357. The molecule has 0 spiro atoms. The highest BCUT2D eigenvalue weighted by atomic mass is 16.5. The summed E-state index contributed by atoms with van der Waals surface area (Å²) in [5, 5.41) is 2.73. The average Bonchev–Trinajstić information content (AvgIpc) is 2.63. The minimum absolute atomic E-state index is 0.100. The SMILES string of the molecule is COCCNC(=O)C(C)n1ccnc1N. The standard InChI is InChI=1S/C9H16N4O2/c1-7(8(14)11-4-6-15-2)13-5-3-12-9(13)10/h3,5,7H,4,6H2,1-2H3,(H2,10,12)(H,11,14). The van der Waals surface area contributed by atoms with Crippen LogP contribution in [0.15, 0.2) is 12.4 Å². The summed E-state index contributed by atoms with van der Waals surface area (Å²) in [6.45, 7) is 2.76. The van der Waals surface area contributed by atoms with Gasteiger partial charge < -0.3 is 20.4 Å². The quantitative estimate of drug-likeness (QED) is 0.661. The number of ether oxygens (including phenoxy) is 1. The molecule has 6 nitrogen and oxygen atoms in total. The molecule has 1 aromatic rings. The Morgan fingerprint density at radius 3 is 3.07 bits per heavy atom. The molecule has 15 heavy (non-hydrogen) atoms. The highest BCUT2D eigenvalue weighted by Gasteiger charge is 2.15. The normalized spacial score (nSPS) is 12.4. The van der Waals surface area contributed by atoms with Crippen molar-refractivity contribution >= 4 is 11.9 Å². The van der Waals surface area contributed by atoms with E-state index >= 15 is 0 Å². The number of carbonyl (C=O) groups is 1. The predicted molar refractivity (Wildman–Crippen MR) is 56.2 cm³/mol. The zero-order chi connectivity index (χ0) is 11.3. The molecule has 1 aromatic heterocycles. The number of nitrogens with zero attached hydrogens (tertiary/aromatic N) is 2. The first-order valence-electron chi connectivity index (χ1n) is 4.71. The van der Waals surface area contributed by atoms with E-state index in [1.807, 2.05) is 0 Å². The third kappa shape index (κ3) is 2.95. The Morgan fingerprint density at radius 1 is 1.80 bits per heavy atom. The van der Waals surface area contributed by atoms with Gasteiger partial charge in [0, 0.05) is 26.0 Å². The number of nitrogens with two attached hydrogens (primary N) is 1. The third-order valence-electron chi connectivity index (χ3n) is 2.10. The van der Waals surface area contributed by atoms with Gasteiger partial charge in [0.15, 0.2) is 0 Å². The minimum Gasteiger partial charge on any atom is -0.383 e. The van der Waals surface area contributed by atoms with Gasteiger partial charge in [0.2, 0.25) is 11.9 Å². The summed E-state index contributed by atoms with van der Waals surface area (Å²) in [7, 11) is 1.59. The number of methoxy groups -OCH3 is 1. The summed E-state index contributed by atoms with van der Waals surface area (Å²) in [6.07, 6.45) is 3.24. The number of hydrogen-bond donors (Lipinski definition) is 2. The number of hydrogen-bond acceptors (Lipinski definition) is 4. The highest BCUT2D eigenvalue weighted by Crippen LogP contribution is 2.09. The van der Waals surface area contributed by atoms with Crippen molar-refractivity contribution in [3.8, 4) is 0 Å². The van der Waals surface area contributed by atoms with Crippen LogP contribution in [0.1, 0.15) is 13.0 Å². The lowest BCUT2D eigenvalue weighted by Gasteiger charge is -2.14. The van der Waals surface area contributed by atoms with E-state index in [9.17, 15) is 4.79 Å². The monoisotopic (exact) mass is 212 g/mol. The van der Waals surface area contributed by atoms with Gasteiger partial charge in [-0.25, -0.2) is 4.98 Å². The highest BCUT2D eigenvalue weighted by molar-refractivity contribution is 5.80. The van der Waals surface area contributed by atoms with Crippen molar-refractivity contribution in [3.05, 3.63) is 12.4 Å². The van der Waals surface area contributed by atoms with Crippen molar-refractivity contribution in [2.24, 2.45) is 0 Å². The zero-order valence-electron chi connectivity index (χ0n) is 8.93. The number of nitrogen functional groups attached to an aromatic ring is 1. The maximum Gasteiger partial charge on any atom is 0.242 e. The summed E-state index contributed by atoms with van der Waals surface area (Å²) in [4.78, 5) is 15.5. The molecule has 0 saturated carbocycles. The molecule has 0 aliphatic rings. The average molecular weight is 212 g/mol. The summed E-state index contributed by atoms with van der Waals surface area (Å²) in [5.74, 6) is 0.237. The summed E-state index contributed by atoms with van der Waals surface area (Å²) >= 11 is 0. The fourth-order valence-corrected chi connectivity index (χ4v) is 1.20. The molecule has 0 aliphatic heterocycles. The largest absolute Gasteiger partial charge is 0.383 e. The van der Waals surface area contributed by atoms with E-state index in [0.29, 0.717) is 19.1 Å². The van der Waals surface area contributed by atoms with Crippen LogP contribution < -0.4 is 11.1 Å². The first kappa shape index (κ1) is 11.5. The summed E-state index contributed by atoms with van der Waals surface area (Å²) < 4.78 is 6.44. The predicted octanol–water partition coefficient (Wildman–Crippen LogP) is -0.211. The second-order valence-corrected chi connectivity index (χ2v) is 3.15. The van der Waals surface area contributed by atoms with Crippen molar-refractivity contribution in [2.75, 3.05) is 26.0 Å². The number of amides is 1. The second-order valence-electron chi connectivity index (χ2n) is 3.15. The molecule has 0 aromatic carbocycles. The smallest absolute Gasteiger partial charge is 0.242 e. The van der Waals surface area contributed by atoms with Crippen LogP contribution in [0.4, 0.5) is 5.95 Å². The Balaban J connectivity index is 2.50. The molecular weight excluding hydrogens is 196 g/mol. The number of rotatable bonds is 5. The Labute approximate surface area is 88.4 Å². The van der Waals surface area contributed by atoms with E-state index in [-0.39, 0.29) is 11.9 Å². The topological polar surface area (TPSA) is 82.2 Å². The second kappa shape index (κ2) is 5.35. The molecule has 6 heteroatoms. The van der Waals surface area contributed by atoms with Gasteiger partial charge in [-0.2, -0.15) is 0 Å². The van der Waals surface area contributed by atoms with Crippen molar-refractivity contribution < 1.29 is 9.53 Å². The molecule has 1 unspecified atom stereocenters. The fourth-order valence-electron chi connectivity index (χ4n) is 1.20. The van der Waals surface area contributed by atoms with Gasteiger partial charge in [-0.15, -0.1) is 0 Å². The van der Waals surface area contributed by atoms with Crippen LogP contribution >= 0.6 is 0 Å². The van der Waals surface area contributed by atoms with Crippen LogP contribution in [-0.2, 0) is 9.53 Å². The molecule has 1 amide bonds. The Hall–Kier alpha value is -1.56. The molecule has 1 atom stereocenters. The van der Waals surface area contributed by atoms with Crippen molar-refractivity contribution in [1.82, 2.24) is 14.9 Å². The summed E-state index contributed by atoms with van der Waals surface area (Å²) in [5.41, 5.74) is 5.58. The first-order chi connectivity index (χ1) is 7.16. The molecule has 0 bridgehead atoms. The van der Waals surface area contributed by atoms with Gasteiger partial charge in [0.1, 0.15) is 6.04 Å². The van der Waals surface area contributed by atoms with E-state index < -0.39 is 0 Å². The molecule has 0 fully saturated rings. The Kier molecular flexibility index (Phi) is 4.11. The maximum atomic E-state index is 11.6. The van der Waals surface area contributed by atoms with Crippen LogP contribution in [0.2, 0.25) is 0 Å². The van der Waals surface area contributed by atoms with Gasteiger partial charge in [0.05, 0.1) is 6.61 Å². The molecule has 3 N–H and O–H groups in total. The lowest BCUT2D eigenvalue weighted by molar-refractivity contribution is -0.124. The van der Waals surface area contributed by atoms with Gasteiger partial charge in [0.25, 0.3) is 0 Å². The number of nitrogens with one attached hydrogen (secondary N) is 1. The molecule has 1 rings (SSSR count). The number of anilines is 1. The van der Waals surface area contributed by atoms with Crippen LogP contribution in [0.3, 0.4) is 0 Å². The number of imidazole rings is 1. The van der Waals surface area contributed by atoms with Crippen LogP contribution in [0.5, 0.6) is 0 Å². The van der Waals surface area contributed by atoms with Crippen LogP contribution in [0.25, 0.3) is 0 Å². The van der Waals surface area contributed by atoms with E-state index in [1.165, 1.54) is 0 Å². The van der Waals surface area contributed by atoms with Crippen LogP contribution in [0, 0.1) is 0 Å². The minimum atomic E-state index is -0.357. The number of aromatic nitrogens is 2. The van der Waals surface area contributed by atoms with Gasteiger partial charge in [-0.1, -0.05) is 0 Å². The third-order valence-corrected chi connectivity index (χ3v) is 2.10. The van der Waals surface area contributed by atoms with E-state index in [1.54, 1.807) is 31.0 Å². The Morgan fingerprint density at radius 2 is 2.53 bits per heavy atom. The zero-order valence-corrected chi connectivity index (χ0v) is 8.93. The van der Waals surface area contributed by atoms with Crippen molar-refractivity contribution in [3.63, 3.8) is 0 Å². The molecular formula is C9H16N4O2. The van der Waals surface area contributed by atoms with E-state index in [4.69, 9.17) is 10.5 Å². The number of carbonyl (C=O) groups excluding carboxylic acids is 1. The lowest BCUT2D eigenvalue weighted by atomic mass is 10.3. The first-order valence-corrected chi connectivity index (χ1v) is 4.71. The van der Waals surface area contributed by atoms with Crippen molar-refractivity contribution in [1.29, 1.82) is 0 Å². The lowest BCUT2D eigenvalue weighted by Crippen LogP contribution is -2.33. The van der Waals surface area contributed by atoms with E-state index in [0.717, 1.165) is 0 Å².